The van der Waals surface area contributed by atoms with Crippen molar-refractivity contribution in [1.82, 2.24) is 0 Å². The lowest BCUT2D eigenvalue weighted by Gasteiger charge is -2.09. The highest BCUT2D eigenvalue weighted by atomic mass is 28.1. The zero-order valence-electron chi connectivity index (χ0n) is 7.94. The van der Waals surface area contributed by atoms with E-state index in [0.29, 0.717) is 5.73 Å². The van der Waals surface area contributed by atoms with E-state index in [0.717, 1.165) is 23.3 Å². The maximum absolute atomic E-state index is 5.54. The molecule has 0 aromatic carbocycles. The number of hydrogen-bond acceptors (Lipinski definition) is 1. The zero-order chi connectivity index (χ0) is 8.53. The maximum atomic E-state index is 5.54. The van der Waals surface area contributed by atoms with Gasteiger partial charge in [-0.05, 0) is 12.8 Å². The molecule has 0 aromatic heterocycles. The van der Waals surface area contributed by atoms with Crippen molar-refractivity contribution in [2.45, 2.75) is 44.8 Å². The Morgan fingerprint density at radius 2 is 2.09 bits per heavy atom. The quantitative estimate of drug-likeness (QED) is 0.419. The molecule has 0 heterocycles. The predicted molar refractivity (Wildman–Crippen MR) is 53.8 cm³/mol. The Morgan fingerprint density at radius 3 is 2.64 bits per heavy atom. The lowest BCUT2D eigenvalue weighted by atomic mass is 10.2. The molecule has 0 N–H and O–H groups in total. The van der Waals surface area contributed by atoms with Gasteiger partial charge >= 0.3 is 0 Å². The van der Waals surface area contributed by atoms with E-state index in [2.05, 4.69) is 13.8 Å². The summed E-state index contributed by atoms with van der Waals surface area (Å²) in [6.45, 7) is 6.99. The number of rotatable bonds is 7. The van der Waals surface area contributed by atoms with Gasteiger partial charge in [0, 0.05) is 22.6 Å². The summed E-state index contributed by atoms with van der Waals surface area (Å²) >= 11 is 0. The lowest BCUT2D eigenvalue weighted by molar-refractivity contribution is 0.105. The van der Waals surface area contributed by atoms with Gasteiger partial charge in [0.2, 0.25) is 0 Å². The smallest absolute Gasteiger partial charge is 0.0465 e. The molecule has 0 amide bonds. The standard InChI is InChI=1S/C9H21OSi/c1-3-5-6-7-8-10-9(11)4-2/h9H,2-8H2,1,11H3. The van der Waals surface area contributed by atoms with Crippen LogP contribution in [0.3, 0.4) is 0 Å². The fraction of sp³-hybridized carbons (Fsp3) is 0.889. The highest BCUT2D eigenvalue weighted by Crippen LogP contribution is 2.00. The van der Waals surface area contributed by atoms with Crippen LogP contribution in [0.5, 0.6) is 0 Å². The molecule has 0 saturated heterocycles. The summed E-state index contributed by atoms with van der Waals surface area (Å²) in [5.74, 6) is 0. The largest absolute Gasteiger partial charge is 0.383 e. The molecule has 0 aromatic rings. The average molecular weight is 173 g/mol. The molecule has 0 fully saturated rings. The van der Waals surface area contributed by atoms with Gasteiger partial charge in [0.25, 0.3) is 0 Å². The Labute approximate surface area is 73.9 Å². The van der Waals surface area contributed by atoms with E-state index in [9.17, 15) is 0 Å². The Balaban J connectivity index is 2.89. The molecule has 0 bridgehead atoms. The van der Waals surface area contributed by atoms with Crippen molar-refractivity contribution in [2.75, 3.05) is 6.61 Å². The van der Waals surface area contributed by atoms with Crippen molar-refractivity contribution in [2.24, 2.45) is 0 Å². The van der Waals surface area contributed by atoms with Gasteiger partial charge in [-0.3, -0.25) is 0 Å². The second kappa shape index (κ2) is 8.28. The van der Waals surface area contributed by atoms with Crippen molar-refractivity contribution in [3.63, 3.8) is 0 Å². The Bertz CT molecular complexity index is 76.0. The monoisotopic (exact) mass is 173 g/mol. The van der Waals surface area contributed by atoms with E-state index in [1.165, 1.54) is 25.7 Å². The Morgan fingerprint density at radius 1 is 1.36 bits per heavy atom. The minimum Gasteiger partial charge on any atom is -0.383 e. The van der Waals surface area contributed by atoms with Gasteiger partial charge in [0.05, 0.1) is 0 Å². The van der Waals surface area contributed by atoms with E-state index in [1.54, 1.807) is 0 Å². The van der Waals surface area contributed by atoms with E-state index < -0.39 is 0 Å². The Kier molecular flexibility index (Phi) is 8.41. The van der Waals surface area contributed by atoms with Gasteiger partial charge in [-0.2, -0.15) is 0 Å². The molecule has 1 unspecified atom stereocenters. The van der Waals surface area contributed by atoms with Crippen molar-refractivity contribution in [3.05, 3.63) is 6.92 Å². The van der Waals surface area contributed by atoms with E-state index >= 15 is 0 Å². The fourth-order valence-corrected chi connectivity index (χ4v) is 1.13. The number of ether oxygens (including phenoxy) is 1. The molecule has 11 heavy (non-hydrogen) atoms. The summed E-state index contributed by atoms with van der Waals surface area (Å²) in [6.07, 6.45) is 6.15. The molecule has 1 radical (unpaired) electrons. The van der Waals surface area contributed by atoms with Crippen molar-refractivity contribution >= 4 is 10.2 Å². The normalized spacial score (nSPS) is 13.6. The van der Waals surface area contributed by atoms with Gasteiger partial charge in [-0.25, -0.2) is 0 Å². The van der Waals surface area contributed by atoms with Crippen LogP contribution in [0.2, 0.25) is 0 Å². The van der Waals surface area contributed by atoms with Crippen LogP contribution in [0.1, 0.15) is 39.0 Å². The SMILES string of the molecule is [CH2]CC([SiH3])OCCCCCC. The lowest BCUT2D eigenvalue weighted by Crippen LogP contribution is -2.11. The molecule has 0 aliphatic carbocycles. The highest BCUT2D eigenvalue weighted by Gasteiger charge is 1.96. The number of unbranched alkanes of at least 4 members (excludes halogenated alkanes) is 3. The molecule has 0 spiro atoms. The number of hydrogen-bond donors (Lipinski definition) is 0. The minimum atomic E-state index is 0.483. The third-order valence-electron chi connectivity index (χ3n) is 1.81. The van der Waals surface area contributed by atoms with Crippen LogP contribution in [-0.2, 0) is 4.74 Å². The first kappa shape index (κ1) is 11.2. The summed E-state index contributed by atoms with van der Waals surface area (Å²) < 4.78 is 5.54. The van der Waals surface area contributed by atoms with E-state index in [1.807, 2.05) is 0 Å². The summed E-state index contributed by atoms with van der Waals surface area (Å²) in [4.78, 5) is 0. The molecular weight excluding hydrogens is 152 g/mol. The van der Waals surface area contributed by atoms with Crippen LogP contribution in [0.4, 0.5) is 0 Å². The average Bonchev–Trinajstić information content (AvgIpc) is 2.04. The van der Waals surface area contributed by atoms with Crippen LogP contribution < -0.4 is 0 Å². The molecule has 0 saturated carbocycles. The van der Waals surface area contributed by atoms with Crippen molar-refractivity contribution in [1.29, 1.82) is 0 Å². The van der Waals surface area contributed by atoms with Crippen LogP contribution in [-0.4, -0.2) is 22.6 Å². The molecule has 2 heteroatoms. The summed E-state index contributed by atoms with van der Waals surface area (Å²) in [6, 6.07) is 0. The van der Waals surface area contributed by atoms with Crippen LogP contribution >= 0.6 is 0 Å². The molecule has 1 atom stereocenters. The van der Waals surface area contributed by atoms with Crippen molar-refractivity contribution < 1.29 is 4.74 Å². The topological polar surface area (TPSA) is 9.23 Å². The highest BCUT2D eigenvalue weighted by molar-refractivity contribution is 6.11. The maximum Gasteiger partial charge on any atom is 0.0465 e. The van der Waals surface area contributed by atoms with E-state index in [-0.39, 0.29) is 0 Å². The van der Waals surface area contributed by atoms with Gasteiger partial charge in [-0.1, -0.05) is 33.1 Å². The predicted octanol–water partition coefficient (Wildman–Crippen LogP) is 1.50. The molecular formula is C9H21OSi. The first-order chi connectivity index (χ1) is 5.31. The van der Waals surface area contributed by atoms with E-state index in [4.69, 9.17) is 4.74 Å². The fourth-order valence-electron chi connectivity index (χ4n) is 0.897. The van der Waals surface area contributed by atoms with Crippen molar-refractivity contribution in [3.8, 4) is 0 Å². The molecule has 0 rings (SSSR count). The zero-order valence-corrected chi connectivity index (χ0v) is 9.94. The van der Waals surface area contributed by atoms with Crippen LogP contribution in [0.25, 0.3) is 0 Å². The first-order valence-corrected chi connectivity index (χ1v) is 5.87. The summed E-state index contributed by atoms with van der Waals surface area (Å²) in [5.41, 5.74) is 0.483. The van der Waals surface area contributed by atoms with Gasteiger partial charge in [0.15, 0.2) is 0 Å². The molecule has 0 aliphatic rings. The second-order valence-electron chi connectivity index (χ2n) is 3.03. The van der Waals surface area contributed by atoms with Gasteiger partial charge < -0.3 is 4.74 Å². The first-order valence-electron chi connectivity index (χ1n) is 4.72. The molecule has 67 valence electrons. The third kappa shape index (κ3) is 8.08. The second-order valence-corrected chi connectivity index (χ2v) is 4.32. The van der Waals surface area contributed by atoms with Crippen LogP contribution in [0.15, 0.2) is 0 Å². The minimum absolute atomic E-state index is 0.483. The third-order valence-corrected chi connectivity index (χ3v) is 2.72. The summed E-state index contributed by atoms with van der Waals surface area (Å²) in [7, 11) is 1.12. The van der Waals surface area contributed by atoms with Gasteiger partial charge in [-0.15, -0.1) is 0 Å². The molecule has 0 aliphatic heterocycles. The summed E-state index contributed by atoms with van der Waals surface area (Å²) in [5, 5.41) is 0. The Hall–Kier alpha value is 0.177. The van der Waals surface area contributed by atoms with Crippen LogP contribution in [0, 0.1) is 6.92 Å². The molecule has 1 nitrogen and oxygen atoms in total. The van der Waals surface area contributed by atoms with Gasteiger partial charge in [0.1, 0.15) is 0 Å².